The summed E-state index contributed by atoms with van der Waals surface area (Å²) in [7, 11) is 0. The summed E-state index contributed by atoms with van der Waals surface area (Å²) in [5.74, 6) is -0.106. The highest BCUT2D eigenvalue weighted by Crippen LogP contribution is 2.21. The lowest BCUT2D eigenvalue weighted by atomic mass is 10.0. The number of nitriles is 1. The van der Waals surface area contributed by atoms with E-state index in [0.29, 0.717) is 5.57 Å². The number of rotatable bonds is 3. The molecule has 21 heavy (non-hydrogen) atoms. The minimum atomic E-state index is -0.106. The SMILES string of the molecule is CC(=O)Nc1ccc(/C=C(/C#N)c2ccc(Br)cc2)cc1. The zero-order valence-electron chi connectivity index (χ0n) is 11.4. The summed E-state index contributed by atoms with van der Waals surface area (Å²) in [5, 5.41) is 12.0. The van der Waals surface area contributed by atoms with Gasteiger partial charge in [-0.15, -0.1) is 0 Å². The molecular formula is C17H13BrN2O. The predicted molar refractivity (Wildman–Crippen MR) is 88.4 cm³/mol. The Morgan fingerprint density at radius 3 is 2.29 bits per heavy atom. The Morgan fingerprint density at radius 1 is 1.14 bits per heavy atom. The van der Waals surface area contributed by atoms with Crippen molar-refractivity contribution in [2.75, 3.05) is 5.32 Å². The molecule has 0 atom stereocenters. The van der Waals surface area contributed by atoms with Crippen LogP contribution in [-0.4, -0.2) is 5.91 Å². The van der Waals surface area contributed by atoms with E-state index < -0.39 is 0 Å². The lowest BCUT2D eigenvalue weighted by molar-refractivity contribution is -0.114. The number of allylic oxidation sites excluding steroid dienone is 1. The molecule has 0 saturated heterocycles. The van der Waals surface area contributed by atoms with Crippen LogP contribution in [0.3, 0.4) is 0 Å². The second-order valence-corrected chi connectivity index (χ2v) is 5.40. The standard InChI is InChI=1S/C17H13BrN2O/c1-12(21)20-17-8-2-13(3-9-17)10-15(11-19)14-4-6-16(18)7-5-14/h2-10H,1H3,(H,20,21)/b15-10-. The average molecular weight is 341 g/mol. The van der Waals surface area contributed by atoms with Crippen LogP contribution in [-0.2, 0) is 4.79 Å². The zero-order valence-corrected chi connectivity index (χ0v) is 13.0. The molecule has 0 fully saturated rings. The average Bonchev–Trinajstić information content (AvgIpc) is 2.47. The number of benzene rings is 2. The topological polar surface area (TPSA) is 52.9 Å². The predicted octanol–water partition coefficient (Wildman–Crippen LogP) is 4.47. The minimum Gasteiger partial charge on any atom is -0.326 e. The summed E-state index contributed by atoms with van der Waals surface area (Å²) < 4.78 is 0.975. The highest BCUT2D eigenvalue weighted by molar-refractivity contribution is 9.10. The summed E-state index contributed by atoms with van der Waals surface area (Å²) in [4.78, 5) is 11.0. The molecule has 0 aliphatic heterocycles. The third kappa shape index (κ3) is 4.30. The summed E-state index contributed by atoms with van der Waals surface area (Å²) in [5.41, 5.74) is 3.10. The van der Waals surface area contributed by atoms with Crippen LogP contribution in [0.25, 0.3) is 11.6 Å². The molecule has 0 radical (unpaired) electrons. The molecule has 0 spiro atoms. The molecule has 0 unspecified atom stereocenters. The summed E-state index contributed by atoms with van der Waals surface area (Å²) >= 11 is 3.37. The fraction of sp³-hybridized carbons (Fsp3) is 0.0588. The number of nitrogens with one attached hydrogen (secondary N) is 1. The van der Waals surface area contributed by atoms with Crippen LogP contribution in [0.15, 0.2) is 53.0 Å². The Hall–Kier alpha value is -2.38. The first-order valence-electron chi connectivity index (χ1n) is 6.34. The van der Waals surface area contributed by atoms with Gasteiger partial charge in [0.15, 0.2) is 0 Å². The van der Waals surface area contributed by atoms with Gasteiger partial charge in [-0.05, 0) is 41.5 Å². The molecule has 0 aliphatic rings. The van der Waals surface area contributed by atoms with Gasteiger partial charge in [0.1, 0.15) is 0 Å². The molecule has 3 nitrogen and oxygen atoms in total. The van der Waals surface area contributed by atoms with Crippen LogP contribution >= 0.6 is 15.9 Å². The van der Waals surface area contributed by atoms with Crippen LogP contribution in [0, 0.1) is 11.3 Å². The smallest absolute Gasteiger partial charge is 0.221 e. The van der Waals surface area contributed by atoms with Gasteiger partial charge in [0.2, 0.25) is 5.91 Å². The molecule has 0 heterocycles. The van der Waals surface area contributed by atoms with Crippen molar-refractivity contribution in [1.29, 1.82) is 5.26 Å². The van der Waals surface area contributed by atoms with E-state index >= 15 is 0 Å². The highest BCUT2D eigenvalue weighted by atomic mass is 79.9. The maximum Gasteiger partial charge on any atom is 0.221 e. The zero-order chi connectivity index (χ0) is 15.2. The molecule has 0 aliphatic carbocycles. The number of halogens is 1. The summed E-state index contributed by atoms with van der Waals surface area (Å²) in [6.07, 6.45) is 1.82. The maximum atomic E-state index is 11.0. The van der Waals surface area contributed by atoms with Crippen LogP contribution < -0.4 is 5.32 Å². The number of anilines is 1. The van der Waals surface area contributed by atoms with Gasteiger partial charge >= 0.3 is 0 Å². The lowest BCUT2D eigenvalue weighted by Gasteiger charge is -2.03. The van der Waals surface area contributed by atoms with Crippen LogP contribution in [0.2, 0.25) is 0 Å². The second-order valence-electron chi connectivity index (χ2n) is 4.48. The van der Waals surface area contributed by atoms with Crippen molar-refractivity contribution in [2.45, 2.75) is 6.92 Å². The quantitative estimate of drug-likeness (QED) is 0.661. The summed E-state index contributed by atoms with van der Waals surface area (Å²) in [6.45, 7) is 1.47. The van der Waals surface area contributed by atoms with Crippen molar-refractivity contribution >= 4 is 39.2 Å². The molecule has 104 valence electrons. The Bertz CT molecular complexity index is 710. The number of hydrogen-bond donors (Lipinski definition) is 1. The van der Waals surface area contributed by atoms with E-state index in [2.05, 4.69) is 27.3 Å². The first-order valence-corrected chi connectivity index (χ1v) is 7.13. The first-order chi connectivity index (χ1) is 10.1. The van der Waals surface area contributed by atoms with E-state index in [4.69, 9.17) is 0 Å². The molecule has 2 rings (SSSR count). The van der Waals surface area contributed by atoms with E-state index in [1.165, 1.54) is 6.92 Å². The van der Waals surface area contributed by atoms with Crippen molar-refractivity contribution in [1.82, 2.24) is 0 Å². The Kier molecular flexibility index (Phi) is 4.91. The lowest BCUT2D eigenvalue weighted by Crippen LogP contribution is -2.05. The third-order valence-corrected chi connectivity index (χ3v) is 3.35. The fourth-order valence-corrected chi connectivity index (χ4v) is 2.11. The van der Waals surface area contributed by atoms with Crippen LogP contribution in [0.5, 0.6) is 0 Å². The molecule has 0 aromatic heterocycles. The molecule has 2 aromatic rings. The molecule has 1 amide bonds. The van der Waals surface area contributed by atoms with Gasteiger partial charge in [-0.1, -0.05) is 40.2 Å². The van der Waals surface area contributed by atoms with Gasteiger partial charge in [-0.25, -0.2) is 0 Å². The molecule has 1 N–H and O–H groups in total. The van der Waals surface area contributed by atoms with Gasteiger partial charge in [-0.2, -0.15) is 5.26 Å². The van der Waals surface area contributed by atoms with Gasteiger partial charge in [0.05, 0.1) is 11.6 Å². The van der Waals surface area contributed by atoms with Gasteiger partial charge in [0, 0.05) is 17.1 Å². The summed E-state index contributed by atoms with van der Waals surface area (Å²) in [6, 6.07) is 17.1. The molecule has 0 saturated carbocycles. The number of carbonyl (C=O) groups excluding carboxylic acids is 1. The van der Waals surface area contributed by atoms with Crippen molar-refractivity contribution in [2.24, 2.45) is 0 Å². The monoisotopic (exact) mass is 340 g/mol. The normalized spacial score (nSPS) is 10.8. The molecular weight excluding hydrogens is 328 g/mol. The molecule has 4 heteroatoms. The van der Waals surface area contributed by atoms with E-state index in [1.807, 2.05) is 54.6 Å². The van der Waals surface area contributed by atoms with Gasteiger partial charge in [-0.3, -0.25) is 4.79 Å². The van der Waals surface area contributed by atoms with Crippen LogP contribution in [0.4, 0.5) is 5.69 Å². The molecule has 0 bridgehead atoms. The van der Waals surface area contributed by atoms with Crippen molar-refractivity contribution in [3.8, 4) is 6.07 Å². The highest BCUT2D eigenvalue weighted by Gasteiger charge is 2.01. The van der Waals surface area contributed by atoms with Crippen LogP contribution in [0.1, 0.15) is 18.1 Å². The van der Waals surface area contributed by atoms with E-state index in [0.717, 1.165) is 21.3 Å². The van der Waals surface area contributed by atoms with Crippen molar-refractivity contribution in [3.05, 3.63) is 64.1 Å². The van der Waals surface area contributed by atoms with Gasteiger partial charge in [0.25, 0.3) is 0 Å². The van der Waals surface area contributed by atoms with E-state index in [9.17, 15) is 10.1 Å². The molecule has 2 aromatic carbocycles. The second kappa shape index (κ2) is 6.87. The van der Waals surface area contributed by atoms with Crippen molar-refractivity contribution in [3.63, 3.8) is 0 Å². The van der Waals surface area contributed by atoms with E-state index in [-0.39, 0.29) is 5.91 Å². The largest absolute Gasteiger partial charge is 0.326 e. The van der Waals surface area contributed by atoms with Crippen molar-refractivity contribution < 1.29 is 4.79 Å². The third-order valence-electron chi connectivity index (χ3n) is 2.82. The number of amides is 1. The Morgan fingerprint density at radius 2 is 1.76 bits per heavy atom. The Balaban J connectivity index is 2.26. The minimum absolute atomic E-state index is 0.106. The fourth-order valence-electron chi connectivity index (χ4n) is 1.84. The number of hydrogen-bond acceptors (Lipinski definition) is 2. The number of carbonyl (C=O) groups is 1. The van der Waals surface area contributed by atoms with E-state index in [1.54, 1.807) is 0 Å². The number of nitrogens with zero attached hydrogens (tertiary/aromatic N) is 1. The first kappa shape index (κ1) is 15.0. The Labute approximate surface area is 132 Å². The van der Waals surface area contributed by atoms with Gasteiger partial charge < -0.3 is 5.32 Å². The maximum absolute atomic E-state index is 11.0.